The van der Waals surface area contributed by atoms with Crippen molar-refractivity contribution in [1.82, 2.24) is 5.32 Å². The van der Waals surface area contributed by atoms with Gasteiger partial charge in [-0.3, -0.25) is 9.59 Å². The fourth-order valence-corrected chi connectivity index (χ4v) is 5.27. The minimum Gasteiger partial charge on any atom is -0.606 e. The first-order valence-electron chi connectivity index (χ1n) is 11.0. The second-order valence-electron chi connectivity index (χ2n) is 9.13. The number of hydrogen-bond donors (Lipinski definition) is 1. The zero-order valence-corrected chi connectivity index (χ0v) is 20.2. The summed E-state index contributed by atoms with van der Waals surface area (Å²) in [7, 11) is 0. The molecule has 5 nitrogen and oxygen atoms in total. The summed E-state index contributed by atoms with van der Waals surface area (Å²) >= 11 is -1.51. The first-order chi connectivity index (χ1) is 15.7. The second kappa shape index (κ2) is 9.04. The second-order valence-corrected chi connectivity index (χ2v) is 10.5. The number of amides is 2. The Morgan fingerprint density at radius 1 is 1.00 bits per heavy atom. The summed E-state index contributed by atoms with van der Waals surface area (Å²) in [6.07, 6.45) is 0. The molecule has 33 heavy (non-hydrogen) atoms. The van der Waals surface area contributed by atoms with Crippen LogP contribution in [-0.2, 0) is 23.1 Å². The summed E-state index contributed by atoms with van der Waals surface area (Å²) in [5.74, 6) is -0.453. The molecule has 0 saturated heterocycles. The van der Waals surface area contributed by atoms with Crippen molar-refractivity contribution in [3.05, 3.63) is 89.0 Å². The molecule has 2 amide bonds. The number of carbonyl (C=O) groups excluding carboxylic acids is 2. The predicted octanol–water partition coefficient (Wildman–Crippen LogP) is 5.06. The molecule has 3 aromatic rings. The molecule has 3 aromatic carbocycles. The van der Waals surface area contributed by atoms with E-state index in [9.17, 15) is 14.1 Å². The molecule has 0 saturated carbocycles. The monoisotopic (exact) mass is 460 g/mol. The van der Waals surface area contributed by atoms with Crippen molar-refractivity contribution < 1.29 is 14.1 Å². The van der Waals surface area contributed by atoms with Crippen molar-refractivity contribution in [3.63, 3.8) is 0 Å². The molecule has 1 unspecified atom stereocenters. The lowest BCUT2D eigenvalue weighted by Gasteiger charge is -2.20. The lowest BCUT2D eigenvalue weighted by atomic mass is 9.87. The Labute approximate surface area is 198 Å². The molecule has 0 bridgehead atoms. The van der Waals surface area contributed by atoms with E-state index < -0.39 is 11.2 Å². The molecular formula is C27H28N2O3S. The first kappa shape index (κ1) is 23.1. The van der Waals surface area contributed by atoms with E-state index in [-0.39, 0.29) is 17.2 Å². The zero-order chi connectivity index (χ0) is 23.8. The molecule has 170 valence electrons. The Hall–Kier alpha value is -3.09. The van der Waals surface area contributed by atoms with Crippen molar-refractivity contribution in [2.75, 3.05) is 11.4 Å². The van der Waals surface area contributed by atoms with Crippen molar-refractivity contribution >= 4 is 28.7 Å². The molecule has 0 aliphatic carbocycles. The van der Waals surface area contributed by atoms with Gasteiger partial charge in [-0.2, -0.15) is 0 Å². The van der Waals surface area contributed by atoms with Crippen LogP contribution in [-0.4, -0.2) is 22.9 Å². The van der Waals surface area contributed by atoms with Gasteiger partial charge in [-0.25, -0.2) is 0 Å². The third kappa shape index (κ3) is 4.54. The zero-order valence-electron chi connectivity index (χ0n) is 19.3. The Kier molecular flexibility index (Phi) is 6.32. The average molecular weight is 461 g/mol. The van der Waals surface area contributed by atoms with Crippen LogP contribution in [0.2, 0.25) is 0 Å². The van der Waals surface area contributed by atoms with Crippen LogP contribution in [0.15, 0.2) is 76.5 Å². The number of anilines is 1. The number of carbonyl (C=O) groups is 2. The van der Waals surface area contributed by atoms with Crippen LogP contribution in [0.3, 0.4) is 0 Å². The summed E-state index contributed by atoms with van der Waals surface area (Å²) in [6.45, 7) is 9.16. The predicted molar refractivity (Wildman–Crippen MR) is 131 cm³/mol. The molecule has 6 heteroatoms. The molecule has 1 N–H and O–H groups in total. The Morgan fingerprint density at radius 3 is 2.36 bits per heavy atom. The van der Waals surface area contributed by atoms with Gasteiger partial charge < -0.3 is 14.8 Å². The van der Waals surface area contributed by atoms with Gasteiger partial charge in [0.1, 0.15) is 5.69 Å². The van der Waals surface area contributed by atoms with E-state index in [1.807, 2.05) is 19.1 Å². The van der Waals surface area contributed by atoms with Crippen LogP contribution < -0.4 is 10.2 Å². The number of rotatable bonds is 4. The molecule has 1 aliphatic heterocycles. The summed E-state index contributed by atoms with van der Waals surface area (Å²) < 4.78 is 13.3. The van der Waals surface area contributed by atoms with E-state index in [0.717, 1.165) is 5.56 Å². The van der Waals surface area contributed by atoms with E-state index in [4.69, 9.17) is 0 Å². The van der Waals surface area contributed by atoms with Crippen LogP contribution in [0.4, 0.5) is 5.69 Å². The maximum Gasteiger partial charge on any atom is 0.263 e. The van der Waals surface area contributed by atoms with Crippen molar-refractivity contribution in [2.24, 2.45) is 0 Å². The summed E-state index contributed by atoms with van der Waals surface area (Å²) in [5.41, 5.74) is 3.69. The molecule has 1 heterocycles. The highest BCUT2D eigenvalue weighted by molar-refractivity contribution is 7.91. The third-order valence-electron chi connectivity index (χ3n) is 5.86. The van der Waals surface area contributed by atoms with E-state index in [0.29, 0.717) is 39.7 Å². The van der Waals surface area contributed by atoms with Crippen LogP contribution in [0.1, 0.15) is 59.5 Å². The highest BCUT2D eigenvalue weighted by Gasteiger charge is 2.35. The van der Waals surface area contributed by atoms with Crippen LogP contribution >= 0.6 is 0 Å². The first-order valence-corrected chi connectivity index (χ1v) is 12.2. The van der Waals surface area contributed by atoms with Gasteiger partial charge in [0.05, 0.1) is 5.56 Å². The Morgan fingerprint density at radius 2 is 1.70 bits per heavy atom. The van der Waals surface area contributed by atoms with Gasteiger partial charge in [0, 0.05) is 29.8 Å². The van der Waals surface area contributed by atoms with Gasteiger partial charge in [0.25, 0.3) is 11.8 Å². The standard InChI is InChI=1S/C27H28N2O3S/c1-5-29-22-16-19(25(30)28-17-18-10-13-20(14-11-18)27(2,3)4)12-15-24(22)33(32)23-9-7-6-8-21(23)26(29)31/h6-16H,5,17H2,1-4H3,(H,28,30). The molecule has 0 aromatic heterocycles. The Bertz CT molecular complexity index is 1200. The fraction of sp³-hybridized carbons (Fsp3) is 0.259. The van der Waals surface area contributed by atoms with Gasteiger partial charge in [0.2, 0.25) is 0 Å². The molecular weight excluding hydrogens is 432 g/mol. The average Bonchev–Trinajstić information content (AvgIpc) is 2.90. The van der Waals surface area contributed by atoms with E-state index >= 15 is 0 Å². The van der Waals surface area contributed by atoms with Crippen molar-refractivity contribution in [2.45, 2.75) is 49.4 Å². The highest BCUT2D eigenvalue weighted by Crippen LogP contribution is 2.37. The van der Waals surface area contributed by atoms with Gasteiger partial charge >= 0.3 is 0 Å². The smallest absolute Gasteiger partial charge is 0.263 e. The van der Waals surface area contributed by atoms with Crippen LogP contribution in [0, 0.1) is 0 Å². The largest absolute Gasteiger partial charge is 0.606 e. The Balaban J connectivity index is 1.58. The van der Waals surface area contributed by atoms with Gasteiger partial charge in [0.15, 0.2) is 9.79 Å². The van der Waals surface area contributed by atoms with Gasteiger partial charge in [-0.1, -0.05) is 57.2 Å². The highest BCUT2D eigenvalue weighted by atomic mass is 32.2. The minimum atomic E-state index is -1.51. The van der Waals surface area contributed by atoms with E-state index in [1.165, 1.54) is 5.56 Å². The normalized spacial score (nSPS) is 15.5. The lowest BCUT2D eigenvalue weighted by Crippen LogP contribution is -2.31. The maximum atomic E-state index is 13.3. The van der Waals surface area contributed by atoms with Gasteiger partial charge in [-0.15, -0.1) is 0 Å². The quantitative estimate of drug-likeness (QED) is 0.553. The molecule has 0 radical (unpaired) electrons. The van der Waals surface area contributed by atoms with Crippen molar-refractivity contribution in [3.8, 4) is 0 Å². The molecule has 4 rings (SSSR count). The van der Waals surface area contributed by atoms with Crippen LogP contribution in [0.5, 0.6) is 0 Å². The van der Waals surface area contributed by atoms with Crippen molar-refractivity contribution in [1.29, 1.82) is 0 Å². The number of fused-ring (bicyclic) bond motifs is 2. The molecule has 0 spiro atoms. The van der Waals surface area contributed by atoms with Gasteiger partial charge in [-0.05, 0) is 53.8 Å². The summed E-state index contributed by atoms with van der Waals surface area (Å²) in [5, 5.41) is 2.95. The fourth-order valence-electron chi connectivity index (χ4n) is 3.93. The summed E-state index contributed by atoms with van der Waals surface area (Å²) in [6, 6.07) is 20.2. The van der Waals surface area contributed by atoms with E-state index in [1.54, 1.807) is 47.4 Å². The van der Waals surface area contributed by atoms with E-state index in [2.05, 4.69) is 38.2 Å². The maximum absolute atomic E-state index is 13.3. The molecule has 0 fully saturated rings. The topological polar surface area (TPSA) is 72.5 Å². The third-order valence-corrected chi connectivity index (χ3v) is 7.36. The number of benzene rings is 3. The number of hydrogen-bond acceptors (Lipinski definition) is 3. The van der Waals surface area contributed by atoms with Crippen LogP contribution in [0.25, 0.3) is 0 Å². The molecule has 1 aliphatic rings. The number of nitrogens with one attached hydrogen (secondary N) is 1. The number of nitrogens with zero attached hydrogens (tertiary/aromatic N) is 1. The minimum absolute atomic E-state index is 0.0754. The SMILES string of the molecule is CCN1C(=O)c2ccccc2[S+]([O-])c2ccc(C(=O)NCc3ccc(C(C)(C)C)cc3)cc21. The lowest BCUT2D eigenvalue weighted by molar-refractivity contribution is 0.0947. The summed E-state index contributed by atoms with van der Waals surface area (Å²) in [4.78, 5) is 28.7. The molecule has 1 atom stereocenters.